The molecule has 0 fully saturated rings. The summed E-state index contributed by atoms with van der Waals surface area (Å²) in [5.74, 6) is -0.670. The second-order valence-electron chi connectivity index (χ2n) is 8.02. The highest BCUT2D eigenvalue weighted by atomic mass is 19.4. The Labute approximate surface area is 199 Å². The van der Waals surface area contributed by atoms with Crippen LogP contribution in [0.1, 0.15) is 40.0 Å². The number of aromatic hydroxyl groups is 1. The number of alkyl halides is 3. The van der Waals surface area contributed by atoms with Gasteiger partial charge in [-0.1, -0.05) is 29.8 Å². The summed E-state index contributed by atoms with van der Waals surface area (Å²) in [6.07, 6.45) is -4.67. The van der Waals surface area contributed by atoms with Crippen molar-refractivity contribution in [2.24, 2.45) is 5.73 Å². The minimum absolute atomic E-state index is 0.00764. The van der Waals surface area contributed by atoms with E-state index in [9.17, 15) is 23.1 Å². The lowest BCUT2D eigenvalue weighted by atomic mass is 10.1. The van der Waals surface area contributed by atoms with E-state index >= 15 is 0 Å². The van der Waals surface area contributed by atoms with Crippen molar-refractivity contribution < 1.29 is 27.5 Å². The SMILES string of the molecule is CCN(Cc1ccc(C)cc1)C(=O)c1nc(-c2ccc(O)c3nc(C(F)(F)F)ccc23)oc1CN. The fourth-order valence-corrected chi connectivity index (χ4v) is 3.71. The predicted molar refractivity (Wildman–Crippen MR) is 123 cm³/mol. The normalized spacial score (nSPS) is 11.7. The highest BCUT2D eigenvalue weighted by Crippen LogP contribution is 2.36. The second kappa shape index (κ2) is 9.38. The van der Waals surface area contributed by atoms with Crippen LogP contribution in [-0.2, 0) is 19.3 Å². The molecule has 4 aromatic rings. The fraction of sp³-hybridized carbons (Fsp3) is 0.240. The summed E-state index contributed by atoms with van der Waals surface area (Å²) < 4.78 is 45.1. The number of pyridine rings is 1. The average Bonchev–Trinajstić information content (AvgIpc) is 3.27. The van der Waals surface area contributed by atoms with Gasteiger partial charge in [-0.2, -0.15) is 13.2 Å². The molecule has 2 aromatic heterocycles. The zero-order valence-electron chi connectivity index (χ0n) is 19.1. The van der Waals surface area contributed by atoms with Crippen molar-refractivity contribution in [3.05, 3.63) is 76.8 Å². The molecule has 35 heavy (non-hydrogen) atoms. The van der Waals surface area contributed by atoms with E-state index in [-0.39, 0.29) is 46.3 Å². The fourth-order valence-electron chi connectivity index (χ4n) is 3.71. The number of phenolic OH excluding ortho intramolecular Hbond substituents is 1. The van der Waals surface area contributed by atoms with Crippen LogP contribution in [0.3, 0.4) is 0 Å². The molecule has 0 saturated heterocycles. The number of phenols is 1. The van der Waals surface area contributed by atoms with Crippen molar-refractivity contribution in [2.75, 3.05) is 6.54 Å². The summed E-state index contributed by atoms with van der Waals surface area (Å²) in [6, 6.07) is 12.4. The third-order valence-electron chi connectivity index (χ3n) is 5.61. The van der Waals surface area contributed by atoms with Gasteiger partial charge >= 0.3 is 6.18 Å². The summed E-state index contributed by atoms with van der Waals surface area (Å²) in [4.78, 5) is 22.8. The van der Waals surface area contributed by atoms with E-state index in [2.05, 4.69) is 9.97 Å². The molecular weight excluding hydrogens is 461 g/mol. The Hall–Kier alpha value is -3.92. The van der Waals surface area contributed by atoms with E-state index in [1.807, 2.05) is 38.1 Å². The van der Waals surface area contributed by atoms with Crippen LogP contribution in [0.15, 0.2) is 52.9 Å². The minimum atomic E-state index is -4.67. The Morgan fingerprint density at radius 3 is 2.43 bits per heavy atom. The summed E-state index contributed by atoms with van der Waals surface area (Å²) in [6.45, 7) is 4.47. The molecule has 0 bridgehead atoms. The monoisotopic (exact) mass is 484 g/mol. The molecule has 0 aliphatic rings. The van der Waals surface area contributed by atoms with Crippen LogP contribution in [-0.4, -0.2) is 32.4 Å². The topological polar surface area (TPSA) is 105 Å². The Morgan fingerprint density at radius 1 is 1.09 bits per heavy atom. The number of halogens is 3. The number of oxazole rings is 1. The molecule has 0 spiro atoms. The van der Waals surface area contributed by atoms with Gasteiger partial charge in [0.2, 0.25) is 5.89 Å². The Kier molecular flexibility index (Phi) is 6.49. The zero-order valence-corrected chi connectivity index (χ0v) is 19.1. The third-order valence-corrected chi connectivity index (χ3v) is 5.61. The Balaban J connectivity index is 1.73. The van der Waals surface area contributed by atoms with Crippen molar-refractivity contribution >= 4 is 16.8 Å². The number of carbonyl (C=O) groups is 1. The van der Waals surface area contributed by atoms with Crippen LogP contribution < -0.4 is 5.73 Å². The van der Waals surface area contributed by atoms with Crippen LogP contribution in [0.4, 0.5) is 13.2 Å². The summed E-state index contributed by atoms with van der Waals surface area (Å²) in [7, 11) is 0. The second-order valence-corrected chi connectivity index (χ2v) is 8.02. The van der Waals surface area contributed by atoms with Crippen LogP contribution in [0.25, 0.3) is 22.4 Å². The first-order valence-electron chi connectivity index (χ1n) is 10.9. The number of aryl methyl sites for hydroxylation is 1. The van der Waals surface area contributed by atoms with E-state index < -0.39 is 17.6 Å². The quantitative estimate of drug-likeness (QED) is 0.397. The number of rotatable bonds is 6. The summed E-state index contributed by atoms with van der Waals surface area (Å²) in [5, 5.41) is 10.3. The Morgan fingerprint density at radius 2 is 1.80 bits per heavy atom. The average molecular weight is 484 g/mol. The molecule has 4 rings (SSSR count). The smallest absolute Gasteiger partial charge is 0.433 e. The molecule has 1 amide bonds. The zero-order chi connectivity index (χ0) is 25.3. The molecule has 0 radical (unpaired) electrons. The molecule has 0 saturated carbocycles. The first kappa shape index (κ1) is 24.2. The van der Waals surface area contributed by atoms with Gasteiger partial charge < -0.3 is 20.2 Å². The first-order chi connectivity index (χ1) is 16.6. The van der Waals surface area contributed by atoms with E-state index in [1.165, 1.54) is 18.2 Å². The van der Waals surface area contributed by atoms with E-state index in [0.29, 0.717) is 13.1 Å². The summed E-state index contributed by atoms with van der Waals surface area (Å²) in [5.41, 5.74) is 6.76. The molecule has 2 heterocycles. The number of carbonyl (C=O) groups excluding carboxylic acids is 1. The predicted octanol–water partition coefficient (Wildman–Crippen LogP) is 5.04. The lowest BCUT2D eigenvalue weighted by Crippen LogP contribution is -2.31. The highest BCUT2D eigenvalue weighted by molar-refractivity contribution is 5.98. The van der Waals surface area contributed by atoms with Crippen molar-refractivity contribution in [1.29, 1.82) is 0 Å². The maximum atomic E-state index is 13.3. The number of amides is 1. The van der Waals surface area contributed by atoms with Gasteiger partial charge in [0.1, 0.15) is 17.0 Å². The lowest BCUT2D eigenvalue weighted by Gasteiger charge is -2.20. The van der Waals surface area contributed by atoms with E-state index in [4.69, 9.17) is 10.2 Å². The molecule has 10 heteroatoms. The lowest BCUT2D eigenvalue weighted by molar-refractivity contribution is -0.140. The number of hydrogen-bond acceptors (Lipinski definition) is 6. The largest absolute Gasteiger partial charge is 0.506 e. The number of hydrogen-bond donors (Lipinski definition) is 2. The highest BCUT2D eigenvalue weighted by Gasteiger charge is 2.33. The van der Waals surface area contributed by atoms with Gasteiger partial charge in [0.25, 0.3) is 5.91 Å². The summed E-state index contributed by atoms with van der Waals surface area (Å²) >= 11 is 0. The minimum Gasteiger partial charge on any atom is -0.506 e. The van der Waals surface area contributed by atoms with Gasteiger partial charge in [-0.3, -0.25) is 4.79 Å². The molecule has 0 unspecified atom stereocenters. The van der Waals surface area contributed by atoms with Crippen molar-refractivity contribution in [2.45, 2.75) is 33.1 Å². The number of aromatic nitrogens is 2. The molecule has 2 aromatic carbocycles. The van der Waals surface area contributed by atoms with Gasteiger partial charge in [-0.25, -0.2) is 9.97 Å². The van der Waals surface area contributed by atoms with Crippen molar-refractivity contribution in [1.82, 2.24) is 14.9 Å². The van der Waals surface area contributed by atoms with Crippen molar-refractivity contribution in [3.8, 4) is 17.2 Å². The molecular formula is C25H23F3N4O3. The maximum Gasteiger partial charge on any atom is 0.433 e. The first-order valence-corrected chi connectivity index (χ1v) is 10.9. The number of nitrogens with zero attached hydrogens (tertiary/aromatic N) is 3. The van der Waals surface area contributed by atoms with Crippen LogP contribution in [0, 0.1) is 6.92 Å². The molecule has 7 nitrogen and oxygen atoms in total. The molecule has 0 atom stereocenters. The van der Waals surface area contributed by atoms with Crippen LogP contribution >= 0.6 is 0 Å². The van der Waals surface area contributed by atoms with Gasteiger partial charge in [-0.15, -0.1) is 0 Å². The van der Waals surface area contributed by atoms with Gasteiger partial charge in [-0.05, 0) is 43.7 Å². The molecule has 0 aliphatic carbocycles. The van der Waals surface area contributed by atoms with Gasteiger partial charge in [0, 0.05) is 24.0 Å². The van der Waals surface area contributed by atoms with Crippen molar-refractivity contribution in [3.63, 3.8) is 0 Å². The van der Waals surface area contributed by atoms with Crippen LogP contribution in [0.2, 0.25) is 0 Å². The molecule has 0 aliphatic heterocycles. The maximum absolute atomic E-state index is 13.3. The standard InChI is InChI=1S/C25H23F3N4O3/c1-3-32(13-15-6-4-14(2)5-7-15)24(34)22-19(12-29)35-23(31-22)17-8-10-18(33)21-16(17)9-11-20(30-21)25(26,27)28/h4-11,33H,3,12-13,29H2,1-2H3. The molecule has 3 N–H and O–H groups in total. The van der Waals surface area contributed by atoms with Gasteiger partial charge in [0.15, 0.2) is 11.5 Å². The van der Waals surface area contributed by atoms with E-state index in [0.717, 1.165) is 17.2 Å². The van der Waals surface area contributed by atoms with Crippen LogP contribution in [0.5, 0.6) is 5.75 Å². The van der Waals surface area contributed by atoms with E-state index in [1.54, 1.807) is 4.90 Å². The Bertz CT molecular complexity index is 1380. The number of benzene rings is 2. The number of nitrogens with two attached hydrogens (primary N) is 1. The molecule has 182 valence electrons. The number of fused-ring (bicyclic) bond motifs is 1. The third kappa shape index (κ3) is 4.83. The van der Waals surface area contributed by atoms with Gasteiger partial charge in [0.05, 0.1) is 6.54 Å².